The average molecular weight is 301 g/mol. The Morgan fingerprint density at radius 2 is 2.24 bits per heavy atom. The van der Waals surface area contributed by atoms with Gasteiger partial charge in [-0.1, -0.05) is 26.0 Å². The second-order valence-corrected chi connectivity index (χ2v) is 6.28. The number of hydrogen-bond acceptors (Lipinski definition) is 2. The molecule has 0 bridgehead atoms. The summed E-state index contributed by atoms with van der Waals surface area (Å²) in [6.07, 6.45) is 1.93. The highest BCUT2D eigenvalue weighted by Gasteiger charge is 2.49. The summed E-state index contributed by atoms with van der Waals surface area (Å²) >= 11 is 3.29. The Hall–Kier alpha value is -0.450. The van der Waals surface area contributed by atoms with Crippen LogP contribution in [-0.4, -0.2) is 6.04 Å². The Labute approximate surface area is 110 Å². The van der Waals surface area contributed by atoms with Crippen LogP contribution in [-0.2, 0) is 6.42 Å². The highest BCUT2D eigenvalue weighted by atomic mass is 79.9. The second kappa shape index (κ2) is 4.67. The molecule has 1 saturated carbocycles. The molecule has 0 aliphatic heterocycles. The Morgan fingerprint density at radius 1 is 1.59 bits per heavy atom. The molecule has 2 unspecified atom stereocenters. The highest BCUT2D eigenvalue weighted by Crippen LogP contribution is 2.54. The summed E-state index contributed by atoms with van der Waals surface area (Å²) in [4.78, 5) is 0. The molecule has 0 radical (unpaired) electrons. The number of nitrogens with two attached hydrogens (primary N) is 1. The van der Waals surface area contributed by atoms with E-state index in [1.807, 2.05) is 6.07 Å². The maximum Gasteiger partial charge on any atom is 0.137 e. The fraction of sp³-hybridized carbons (Fsp3) is 0.538. The Kier molecular flexibility index (Phi) is 3.57. The lowest BCUT2D eigenvalue weighted by atomic mass is 9.98. The van der Waals surface area contributed by atoms with Crippen LogP contribution in [0.25, 0.3) is 0 Å². The maximum absolute atomic E-state index is 13.4. The zero-order valence-electron chi connectivity index (χ0n) is 10.1. The molecule has 4 heteroatoms. The number of nitrogens with one attached hydrogen (secondary N) is 1. The third kappa shape index (κ3) is 2.69. The van der Waals surface area contributed by atoms with Crippen molar-refractivity contribution in [2.24, 2.45) is 17.2 Å². The lowest BCUT2D eigenvalue weighted by Gasteiger charge is -2.18. The van der Waals surface area contributed by atoms with Gasteiger partial charge < -0.3 is 0 Å². The summed E-state index contributed by atoms with van der Waals surface area (Å²) < 4.78 is 14.0. The van der Waals surface area contributed by atoms with Crippen LogP contribution in [0.2, 0.25) is 0 Å². The van der Waals surface area contributed by atoms with Gasteiger partial charge in [0, 0.05) is 6.04 Å². The second-order valence-electron chi connectivity index (χ2n) is 5.49. The number of hydrazine groups is 1. The zero-order chi connectivity index (χ0) is 12.6. The van der Waals surface area contributed by atoms with Gasteiger partial charge in [0.1, 0.15) is 5.82 Å². The van der Waals surface area contributed by atoms with Gasteiger partial charge in [-0.05, 0) is 51.7 Å². The molecule has 1 aliphatic rings. The average Bonchev–Trinajstić information content (AvgIpc) is 2.90. The number of hydrogen-bond donors (Lipinski definition) is 2. The van der Waals surface area contributed by atoms with Gasteiger partial charge in [-0.2, -0.15) is 0 Å². The van der Waals surface area contributed by atoms with E-state index in [9.17, 15) is 4.39 Å². The van der Waals surface area contributed by atoms with E-state index in [0.717, 1.165) is 12.0 Å². The fourth-order valence-electron chi connectivity index (χ4n) is 2.46. The van der Waals surface area contributed by atoms with E-state index < -0.39 is 0 Å². The molecule has 0 amide bonds. The molecular weight excluding hydrogens is 283 g/mol. The topological polar surface area (TPSA) is 38.0 Å². The van der Waals surface area contributed by atoms with Crippen molar-refractivity contribution in [2.75, 3.05) is 0 Å². The molecule has 2 nitrogen and oxygen atoms in total. The molecule has 2 rings (SSSR count). The molecule has 3 N–H and O–H groups in total. The molecule has 1 aromatic carbocycles. The third-order valence-electron chi connectivity index (χ3n) is 3.76. The van der Waals surface area contributed by atoms with Crippen LogP contribution >= 0.6 is 15.9 Å². The lowest BCUT2D eigenvalue weighted by molar-refractivity contribution is 0.408. The summed E-state index contributed by atoms with van der Waals surface area (Å²) in [5.74, 6) is 5.97. The third-order valence-corrected chi connectivity index (χ3v) is 4.65. The smallest absolute Gasteiger partial charge is 0.137 e. The molecule has 1 fully saturated rings. The van der Waals surface area contributed by atoms with Crippen LogP contribution in [0, 0.1) is 17.2 Å². The molecule has 0 heterocycles. The normalized spacial score (nSPS) is 23.5. The monoisotopic (exact) mass is 300 g/mol. The van der Waals surface area contributed by atoms with E-state index in [-0.39, 0.29) is 11.9 Å². The first-order valence-electron chi connectivity index (χ1n) is 5.84. The Bertz CT molecular complexity index is 420. The van der Waals surface area contributed by atoms with E-state index in [0.29, 0.717) is 15.8 Å². The first kappa shape index (κ1) is 13.0. The van der Waals surface area contributed by atoms with Crippen LogP contribution in [0.5, 0.6) is 0 Å². The van der Waals surface area contributed by atoms with Crippen LogP contribution in [0.15, 0.2) is 22.7 Å². The van der Waals surface area contributed by atoms with Crippen LogP contribution in [0.4, 0.5) is 4.39 Å². The van der Waals surface area contributed by atoms with Gasteiger partial charge in [0.2, 0.25) is 0 Å². The molecule has 17 heavy (non-hydrogen) atoms. The molecule has 0 spiro atoms. The van der Waals surface area contributed by atoms with E-state index >= 15 is 0 Å². The predicted molar refractivity (Wildman–Crippen MR) is 70.8 cm³/mol. The van der Waals surface area contributed by atoms with Crippen molar-refractivity contribution < 1.29 is 4.39 Å². The van der Waals surface area contributed by atoms with E-state index in [4.69, 9.17) is 5.84 Å². The first-order valence-corrected chi connectivity index (χ1v) is 6.64. The standard InChI is InChI=1S/C13H18BrFN2/c1-13(2)7-9(13)11(17-16)6-8-4-3-5-10(15)12(8)14/h3-5,9,11,17H,6-7,16H2,1-2H3. The van der Waals surface area contributed by atoms with Gasteiger partial charge in [0.05, 0.1) is 4.47 Å². The van der Waals surface area contributed by atoms with E-state index in [2.05, 4.69) is 35.2 Å². The van der Waals surface area contributed by atoms with Crippen LogP contribution in [0.1, 0.15) is 25.8 Å². The van der Waals surface area contributed by atoms with Crippen molar-refractivity contribution in [1.29, 1.82) is 0 Å². The van der Waals surface area contributed by atoms with Crippen molar-refractivity contribution in [3.05, 3.63) is 34.1 Å². The van der Waals surface area contributed by atoms with Crippen molar-refractivity contribution in [1.82, 2.24) is 5.43 Å². The minimum absolute atomic E-state index is 0.211. The molecule has 0 saturated heterocycles. The summed E-state index contributed by atoms with van der Waals surface area (Å²) in [6.45, 7) is 4.48. The summed E-state index contributed by atoms with van der Waals surface area (Å²) in [5, 5.41) is 0. The number of benzene rings is 1. The Balaban J connectivity index is 2.11. The molecule has 2 atom stereocenters. The van der Waals surface area contributed by atoms with Crippen molar-refractivity contribution >= 4 is 15.9 Å². The highest BCUT2D eigenvalue weighted by molar-refractivity contribution is 9.10. The molecule has 94 valence electrons. The number of halogens is 2. The summed E-state index contributed by atoms with van der Waals surface area (Å²) in [5.41, 5.74) is 4.20. The Morgan fingerprint density at radius 3 is 2.76 bits per heavy atom. The lowest BCUT2D eigenvalue weighted by Crippen LogP contribution is -2.39. The summed E-state index contributed by atoms with van der Waals surface area (Å²) in [6, 6.07) is 5.34. The molecular formula is C13H18BrFN2. The first-order chi connectivity index (χ1) is 7.95. The fourth-order valence-corrected chi connectivity index (χ4v) is 2.88. The predicted octanol–water partition coefficient (Wildman–Crippen LogP) is 3.01. The molecule has 1 aromatic rings. The zero-order valence-corrected chi connectivity index (χ0v) is 11.7. The number of rotatable bonds is 4. The largest absolute Gasteiger partial charge is 0.271 e. The van der Waals surface area contributed by atoms with Crippen molar-refractivity contribution in [3.8, 4) is 0 Å². The van der Waals surface area contributed by atoms with Crippen molar-refractivity contribution in [2.45, 2.75) is 32.7 Å². The minimum atomic E-state index is -0.215. The van der Waals surface area contributed by atoms with E-state index in [1.165, 1.54) is 12.5 Å². The quantitative estimate of drug-likeness (QED) is 0.663. The van der Waals surface area contributed by atoms with Gasteiger partial charge >= 0.3 is 0 Å². The molecule has 1 aliphatic carbocycles. The van der Waals surface area contributed by atoms with E-state index in [1.54, 1.807) is 6.07 Å². The summed E-state index contributed by atoms with van der Waals surface area (Å²) in [7, 11) is 0. The van der Waals surface area contributed by atoms with Gasteiger partial charge in [-0.25, -0.2) is 4.39 Å². The van der Waals surface area contributed by atoms with Crippen LogP contribution < -0.4 is 11.3 Å². The van der Waals surface area contributed by atoms with Gasteiger partial charge in [-0.3, -0.25) is 11.3 Å². The minimum Gasteiger partial charge on any atom is -0.271 e. The maximum atomic E-state index is 13.4. The van der Waals surface area contributed by atoms with Crippen molar-refractivity contribution in [3.63, 3.8) is 0 Å². The molecule has 0 aromatic heterocycles. The van der Waals surface area contributed by atoms with Gasteiger partial charge in [0.15, 0.2) is 0 Å². The van der Waals surface area contributed by atoms with Gasteiger partial charge in [-0.15, -0.1) is 0 Å². The SMILES string of the molecule is CC1(C)CC1C(Cc1cccc(F)c1Br)NN. The van der Waals surface area contributed by atoms with Gasteiger partial charge in [0.25, 0.3) is 0 Å². The van der Waals surface area contributed by atoms with Crippen LogP contribution in [0.3, 0.4) is 0 Å².